The standard InChI is InChI=1S/C8H9N2O/c1-2-8(11)10-7-4-3-5-9-6-7/h3-5H,2H2,1H3,(H,10,11). The first-order valence-corrected chi connectivity index (χ1v) is 3.45. The Hall–Kier alpha value is -1.38. The Bertz CT molecular complexity index is 233. The summed E-state index contributed by atoms with van der Waals surface area (Å²) in [7, 11) is 0. The summed E-state index contributed by atoms with van der Waals surface area (Å²) in [6, 6.07) is 3.50. The number of hydrogen-bond donors (Lipinski definition) is 1. The van der Waals surface area contributed by atoms with Crippen molar-refractivity contribution in [2.45, 2.75) is 13.3 Å². The van der Waals surface area contributed by atoms with Crippen molar-refractivity contribution in [1.29, 1.82) is 0 Å². The SMILES string of the molecule is CCC(=O)Nc1[c]nccc1. The summed E-state index contributed by atoms with van der Waals surface area (Å²) < 4.78 is 0. The van der Waals surface area contributed by atoms with Crippen molar-refractivity contribution < 1.29 is 4.79 Å². The Labute approximate surface area is 65.5 Å². The van der Waals surface area contributed by atoms with Crippen LogP contribution in [0.4, 0.5) is 5.69 Å². The van der Waals surface area contributed by atoms with Gasteiger partial charge in [0, 0.05) is 12.6 Å². The minimum Gasteiger partial charge on any atom is -0.324 e. The van der Waals surface area contributed by atoms with Gasteiger partial charge in [-0.2, -0.15) is 0 Å². The molecule has 11 heavy (non-hydrogen) atoms. The second-order valence-corrected chi connectivity index (χ2v) is 2.06. The fourth-order valence-corrected chi connectivity index (χ4v) is 0.635. The van der Waals surface area contributed by atoms with Gasteiger partial charge in [0.1, 0.15) is 6.20 Å². The summed E-state index contributed by atoms with van der Waals surface area (Å²) >= 11 is 0. The Balaban J connectivity index is 2.58. The third-order valence-electron chi connectivity index (χ3n) is 1.20. The minimum atomic E-state index is -0.0192. The van der Waals surface area contributed by atoms with Gasteiger partial charge in [0.15, 0.2) is 0 Å². The first-order valence-electron chi connectivity index (χ1n) is 3.45. The Morgan fingerprint density at radius 1 is 1.82 bits per heavy atom. The Kier molecular flexibility index (Phi) is 2.60. The van der Waals surface area contributed by atoms with Crippen LogP contribution < -0.4 is 5.32 Å². The molecule has 0 saturated carbocycles. The van der Waals surface area contributed by atoms with Gasteiger partial charge in [0.25, 0.3) is 0 Å². The molecule has 0 fully saturated rings. The number of aromatic nitrogens is 1. The van der Waals surface area contributed by atoms with E-state index < -0.39 is 0 Å². The summed E-state index contributed by atoms with van der Waals surface area (Å²) in [4.78, 5) is 14.6. The van der Waals surface area contributed by atoms with Gasteiger partial charge in [-0.25, -0.2) is 0 Å². The van der Waals surface area contributed by atoms with Gasteiger partial charge in [-0.1, -0.05) is 6.92 Å². The van der Waals surface area contributed by atoms with E-state index in [-0.39, 0.29) is 5.91 Å². The van der Waals surface area contributed by atoms with Crippen molar-refractivity contribution in [3.63, 3.8) is 0 Å². The van der Waals surface area contributed by atoms with Crippen LogP contribution in [0.5, 0.6) is 0 Å². The Morgan fingerprint density at radius 3 is 3.18 bits per heavy atom. The van der Waals surface area contributed by atoms with E-state index in [2.05, 4.69) is 16.5 Å². The highest BCUT2D eigenvalue weighted by molar-refractivity contribution is 5.90. The second-order valence-electron chi connectivity index (χ2n) is 2.06. The van der Waals surface area contributed by atoms with Gasteiger partial charge < -0.3 is 5.32 Å². The molecule has 0 aromatic carbocycles. The molecular weight excluding hydrogens is 140 g/mol. The van der Waals surface area contributed by atoms with Crippen molar-refractivity contribution in [3.8, 4) is 0 Å². The molecule has 0 aliphatic heterocycles. The summed E-state index contributed by atoms with van der Waals surface area (Å²) in [5.41, 5.74) is 0.624. The summed E-state index contributed by atoms with van der Waals surface area (Å²) in [6.45, 7) is 1.80. The zero-order valence-electron chi connectivity index (χ0n) is 6.29. The molecule has 1 N–H and O–H groups in total. The quantitative estimate of drug-likeness (QED) is 0.687. The van der Waals surface area contributed by atoms with E-state index in [4.69, 9.17) is 0 Å². The van der Waals surface area contributed by atoms with Crippen molar-refractivity contribution in [2.24, 2.45) is 0 Å². The van der Waals surface area contributed by atoms with Crippen LogP contribution in [0.1, 0.15) is 13.3 Å². The number of rotatable bonds is 2. The smallest absolute Gasteiger partial charge is 0.224 e. The van der Waals surface area contributed by atoms with E-state index in [1.165, 1.54) is 0 Å². The number of carbonyl (C=O) groups excluding carboxylic acids is 1. The van der Waals surface area contributed by atoms with Crippen LogP contribution in [0.25, 0.3) is 0 Å². The maximum atomic E-state index is 10.8. The van der Waals surface area contributed by atoms with Crippen molar-refractivity contribution in [2.75, 3.05) is 5.32 Å². The molecule has 1 radical (unpaired) electrons. The molecule has 1 heterocycles. The number of nitrogens with zero attached hydrogens (tertiary/aromatic N) is 1. The Morgan fingerprint density at radius 2 is 2.64 bits per heavy atom. The lowest BCUT2D eigenvalue weighted by atomic mass is 10.4. The normalized spacial score (nSPS) is 9.18. The van der Waals surface area contributed by atoms with E-state index in [1.54, 1.807) is 25.3 Å². The van der Waals surface area contributed by atoms with Gasteiger partial charge in [-0.3, -0.25) is 9.78 Å². The molecule has 1 aromatic heterocycles. The van der Waals surface area contributed by atoms with E-state index >= 15 is 0 Å². The summed E-state index contributed by atoms with van der Waals surface area (Å²) in [6.07, 6.45) is 4.74. The van der Waals surface area contributed by atoms with Crippen LogP contribution in [0.3, 0.4) is 0 Å². The second kappa shape index (κ2) is 3.71. The molecular formula is C8H9N2O. The van der Waals surface area contributed by atoms with Crippen LogP contribution in [0, 0.1) is 6.20 Å². The first-order chi connectivity index (χ1) is 5.33. The van der Waals surface area contributed by atoms with Crippen molar-refractivity contribution in [3.05, 3.63) is 24.5 Å². The number of hydrogen-bond acceptors (Lipinski definition) is 2. The van der Waals surface area contributed by atoms with E-state index in [0.717, 1.165) is 0 Å². The van der Waals surface area contributed by atoms with Crippen molar-refractivity contribution in [1.82, 2.24) is 4.98 Å². The monoisotopic (exact) mass is 149 g/mol. The van der Waals surface area contributed by atoms with Crippen LogP contribution >= 0.6 is 0 Å². The highest BCUT2D eigenvalue weighted by atomic mass is 16.1. The molecule has 0 unspecified atom stereocenters. The van der Waals surface area contributed by atoms with E-state index in [0.29, 0.717) is 12.1 Å². The minimum absolute atomic E-state index is 0.0192. The van der Waals surface area contributed by atoms with Crippen LogP contribution in [0.15, 0.2) is 18.3 Å². The highest BCUT2D eigenvalue weighted by Gasteiger charge is 1.96. The molecule has 0 spiro atoms. The van der Waals surface area contributed by atoms with Crippen LogP contribution in [-0.2, 0) is 4.79 Å². The maximum Gasteiger partial charge on any atom is 0.224 e. The zero-order valence-corrected chi connectivity index (χ0v) is 6.29. The maximum absolute atomic E-state index is 10.8. The lowest BCUT2D eigenvalue weighted by Gasteiger charge is -1.99. The predicted molar refractivity (Wildman–Crippen MR) is 42.0 cm³/mol. The molecule has 0 atom stereocenters. The van der Waals surface area contributed by atoms with E-state index in [9.17, 15) is 4.79 Å². The fourth-order valence-electron chi connectivity index (χ4n) is 0.635. The van der Waals surface area contributed by atoms with Crippen LogP contribution in [0.2, 0.25) is 0 Å². The lowest BCUT2D eigenvalue weighted by Crippen LogP contribution is -2.09. The summed E-state index contributed by atoms with van der Waals surface area (Å²) in [5, 5.41) is 2.63. The fraction of sp³-hybridized carbons (Fsp3) is 0.250. The zero-order chi connectivity index (χ0) is 8.10. The molecule has 0 aliphatic rings. The molecule has 0 saturated heterocycles. The third-order valence-corrected chi connectivity index (χ3v) is 1.20. The molecule has 1 amide bonds. The van der Waals surface area contributed by atoms with Gasteiger partial charge in [0.05, 0.1) is 5.69 Å². The lowest BCUT2D eigenvalue weighted by molar-refractivity contribution is -0.115. The molecule has 1 rings (SSSR count). The largest absolute Gasteiger partial charge is 0.324 e. The molecule has 1 aromatic rings. The number of amides is 1. The highest BCUT2D eigenvalue weighted by Crippen LogP contribution is 2.01. The molecule has 57 valence electrons. The average molecular weight is 149 g/mol. The molecule has 3 nitrogen and oxygen atoms in total. The number of anilines is 1. The number of pyridine rings is 1. The summed E-state index contributed by atoms with van der Waals surface area (Å²) in [5.74, 6) is -0.0192. The van der Waals surface area contributed by atoms with Gasteiger partial charge in [0.2, 0.25) is 5.91 Å². The average Bonchev–Trinajstić information content (AvgIpc) is 2.06. The van der Waals surface area contributed by atoms with Gasteiger partial charge in [-0.15, -0.1) is 0 Å². The third kappa shape index (κ3) is 2.37. The van der Waals surface area contributed by atoms with Gasteiger partial charge >= 0.3 is 0 Å². The molecule has 0 aliphatic carbocycles. The topological polar surface area (TPSA) is 42.0 Å². The first kappa shape index (κ1) is 7.72. The van der Waals surface area contributed by atoms with Crippen molar-refractivity contribution >= 4 is 11.6 Å². The predicted octanol–water partition coefficient (Wildman–Crippen LogP) is 1.23. The molecule has 3 heteroatoms. The number of carbonyl (C=O) groups is 1. The van der Waals surface area contributed by atoms with Crippen LogP contribution in [-0.4, -0.2) is 10.9 Å². The van der Waals surface area contributed by atoms with Gasteiger partial charge in [-0.05, 0) is 12.1 Å². The number of nitrogens with one attached hydrogen (secondary N) is 1. The van der Waals surface area contributed by atoms with E-state index in [1.807, 2.05) is 0 Å². The molecule has 0 bridgehead atoms.